The summed E-state index contributed by atoms with van der Waals surface area (Å²) in [6, 6.07) is 14.0. The van der Waals surface area contributed by atoms with Crippen molar-refractivity contribution in [3.8, 4) is 0 Å². The molecule has 0 fully saturated rings. The number of rotatable bonds is 6. The van der Waals surface area contributed by atoms with Crippen molar-refractivity contribution in [1.29, 1.82) is 0 Å². The molecule has 2 rings (SSSR count). The Morgan fingerprint density at radius 3 is 2.36 bits per heavy atom. The Bertz CT molecular complexity index is 743. The minimum absolute atomic E-state index is 0.323. The molecule has 0 aliphatic rings. The minimum Gasteiger partial charge on any atom is -0.449 e. The number of halogens is 1. The van der Waals surface area contributed by atoms with Crippen molar-refractivity contribution >= 4 is 29.2 Å². The van der Waals surface area contributed by atoms with Gasteiger partial charge in [0.25, 0.3) is 5.91 Å². The zero-order valence-electron chi connectivity index (χ0n) is 14.6. The lowest BCUT2D eigenvalue weighted by molar-refractivity contribution is -0.123. The molecule has 0 heterocycles. The van der Waals surface area contributed by atoms with Crippen molar-refractivity contribution in [1.82, 2.24) is 0 Å². The Morgan fingerprint density at radius 1 is 1.08 bits per heavy atom. The van der Waals surface area contributed by atoms with Crippen LogP contribution in [0.3, 0.4) is 0 Å². The van der Waals surface area contributed by atoms with Crippen molar-refractivity contribution in [3.05, 3.63) is 64.7 Å². The fourth-order valence-corrected chi connectivity index (χ4v) is 2.49. The van der Waals surface area contributed by atoms with Crippen LogP contribution in [0.2, 0.25) is 5.02 Å². The molecule has 0 aliphatic heterocycles. The Balaban J connectivity index is 2.03. The maximum absolute atomic E-state index is 12.4. The third-order valence-electron chi connectivity index (χ3n) is 4.09. The zero-order valence-corrected chi connectivity index (χ0v) is 15.3. The SMILES string of the molecule is CC[C@H](C)c1ccccc1NC(=O)[C@@H](C)OC(=O)c1ccc(Cl)cc1. The van der Waals surface area contributed by atoms with Gasteiger partial charge in [0.2, 0.25) is 0 Å². The molecule has 0 aromatic heterocycles. The van der Waals surface area contributed by atoms with E-state index in [0.717, 1.165) is 17.7 Å². The summed E-state index contributed by atoms with van der Waals surface area (Å²) in [4.78, 5) is 24.5. The maximum atomic E-state index is 12.4. The van der Waals surface area contributed by atoms with E-state index >= 15 is 0 Å². The molecule has 2 aromatic rings. The molecule has 0 aliphatic carbocycles. The van der Waals surface area contributed by atoms with Crippen molar-refractivity contribution in [3.63, 3.8) is 0 Å². The molecule has 0 unspecified atom stereocenters. The lowest BCUT2D eigenvalue weighted by Crippen LogP contribution is -2.30. The first-order valence-corrected chi connectivity index (χ1v) is 8.66. The van der Waals surface area contributed by atoms with Gasteiger partial charge in [0.1, 0.15) is 0 Å². The van der Waals surface area contributed by atoms with Crippen LogP contribution in [0.5, 0.6) is 0 Å². The molecular formula is C20H22ClNO3. The number of carbonyl (C=O) groups excluding carboxylic acids is 2. The Kier molecular flexibility index (Phi) is 6.59. The summed E-state index contributed by atoms with van der Waals surface area (Å²) in [6.45, 7) is 5.75. The average molecular weight is 360 g/mol. The number of ether oxygens (including phenoxy) is 1. The average Bonchev–Trinajstić information content (AvgIpc) is 2.61. The monoisotopic (exact) mass is 359 g/mol. The van der Waals surface area contributed by atoms with Crippen LogP contribution in [0.25, 0.3) is 0 Å². The Morgan fingerprint density at radius 2 is 1.72 bits per heavy atom. The smallest absolute Gasteiger partial charge is 0.338 e. The molecule has 25 heavy (non-hydrogen) atoms. The van der Waals surface area contributed by atoms with Crippen LogP contribution in [-0.2, 0) is 9.53 Å². The summed E-state index contributed by atoms with van der Waals surface area (Å²) in [5.41, 5.74) is 2.16. The van der Waals surface area contributed by atoms with E-state index in [2.05, 4.69) is 19.2 Å². The van der Waals surface area contributed by atoms with Gasteiger partial charge in [-0.2, -0.15) is 0 Å². The molecule has 0 spiro atoms. The number of hydrogen-bond donors (Lipinski definition) is 1. The van der Waals surface area contributed by atoms with Crippen LogP contribution < -0.4 is 5.32 Å². The van der Waals surface area contributed by atoms with Gasteiger partial charge in [0.05, 0.1) is 5.56 Å². The molecule has 0 saturated heterocycles. The molecule has 4 nitrogen and oxygen atoms in total. The van der Waals surface area contributed by atoms with Gasteiger partial charge in [0.15, 0.2) is 6.10 Å². The van der Waals surface area contributed by atoms with Crippen molar-refractivity contribution in [2.24, 2.45) is 0 Å². The van der Waals surface area contributed by atoms with Crippen LogP contribution in [0.1, 0.15) is 49.0 Å². The number of nitrogens with one attached hydrogen (secondary N) is 1. The van der Waals surface area contributed by atoms with E-state index in [1.54, 1.807) is 31.2 Å². The number of amides is 1. The predicted molar refractivity (Wildman–Crippen MR) is 100 cm³/mol. The first-order valence-electron chi connectivity index (χ1n) is 8.28. The lowest BCUT2D eigenvalue weighted by atomic mass is 9.97. The Hall–Kier alpha value is -2.33. The highest BCUT2D eigenvalue weighted by atomic mass is 35.5. The van der Waals surface area contributed by atoms with E-state index in [1.807, 2.05) is 24.3 Å². The number of anilines is 1. The molecule has 132 valence electrons. The normalized spacial score (nSPS) is 13.0. The van der Waals surface area contributed by atoms with Gasteiger partial charge in [-0.3, -0.25) is 4.79 Å². The van der Waals surface area contributed by atoms with Crippen LogP contribution in [0.15, 0.2) is 48.5 Å². The van der Waals surface area contributed by atoms with Gasteiger partial charge < -0.3 is 10.1 Å². The number of carbonyl (C=O) groups is 2. The molecule has 2 aromatic carbocycles. The minimum atomic E-state index is -0.909. The van der Waals surface area contributed by atoms with Gasteiger partial charge in [-0.15, -0.1) is 0 Å². The second-order valence-electron chi connectivity index (χ2n) is 5.94. The van der Waals surface area contributed by atoms with E-state index < -0.39 is 12.1 Å². The summed E-state index contributed by atoms with van der Waals surface area (Å²) in [6.07, 6.45) is 0.0572. The Labute approximate surface area is 153 Å². The molecule has 0 bridgehead atoms. The summed E-state index contributed by atoms with van der Waals surface area (Å²) in [5.74, 6) is -0.601. The molecule has 5 heteroatoms. The third-order valence-corrected chi connectivity index (χ3v) is 4.35. The lowest BCUT2D eigenvalue weighted by Gasteiger charge is -2.18. The highest BCUT2D eigenvalue weighted by Gasteiger charge is 2.20. The largest absolute Gasteiger partial charge is 0.449 e. The van der Waals surface area contributed by atoms with Gasteiger partial charge >= 0.3 is 5.97 Å². The first-order chi connectivity index (χ1) is 11.9. The second-order valence-corrected chi connectivity index (χ2v) is 6.38. The molecule has 1 amide bonds. The standard InChI is InChI=1S/C20H22ClNO3/c1-4-13(2)17-7-5-6-8-18(17)22-19(23)14(3)25-20(24)15-9-11-16(21)12-10-15/h5-14H,4H2,1-3H3,(H,22,23)/t13-,14+/m0/s1. The van der Waals surface area contributed by atoms with Gasteiger partial charge in [-0.05, 0) is 55.2 Å². The fourth-order valence-electron chi connectivity index (χ4n) is 2.36. The van der Waals surface area contributed by atoms with E-state index in [9.17, 15) is 9.59 Å². The van der Waals surface area contributed by atoms with Crippen LogP contribution in [0, 0.1) is 0 Å². The van der Waals surface area contributed by atoms with Crippen molar-refractivity contribution in [2.45, 2.75) is 39.2 Å². The van der Waals surface area contributed by atoms with Gasteiger partial charge in [0, 0.05) is 10.7 Å². The number of hydrogen-bond acceptors (Lipinski definition) is 3. The number of benzene rings is 2. The van der Waals surface area contributed by atoms with E-state index in [4.69, 9.17) is 16.3 Å². The summed E-state index contributed by atoms with van der Waals surface area (Å²) >= 11 is 5.80. The third kappa shape index (κ3) is 5.07. The van der Waals surface area contributed by atoms with Gasteiger partial charge in [-0.25, -0.2) is 4.79 Å². The number of esters is 1. The van der Waals surface area contributed by atoms with Crippen molar-refractivity contribution in [2.75, 3.05) is 5.32 Å². The highest BCUT2D eigenvalue weighted by Crippen LogP contribution is 2.26. The highest BCUT2D eigenvalue weighted by molar-refractivity contribution is 6.30. The molecule has 0 radical (unpaired) electrons. The fraction of sp³-hybridized carbons (Fsp3) is 0.300. The van der Waals surface area contributed by atoms with E-state index in [0.29, 0.717) is 16.5 Å². The summed E-state index contributed by atoms with van der Waals surface area (Å²) in [5, 5.41) is 3.39. The molecule has 1 N–H and O–H groups in total. The van der Waals surface area contributed by atoms with Crippen LogP contribution >= 0.6 is 11.6 Å². The van der Waals surface area contributed by atoms with Crippen LogP contribution in [0.4, 0.5) is 5.69 Å². The van der Waals surface area contributed by atoms with Crippen molar-refractivity contribution < 1.29 is 14.3 Å². The maximum Gasteiger partial charge on any atom is 0.338 e. The molecular weight excluding hydrogens is 338 g/mol. The zero-order chi connectivity index (χ0) is 18.4. The first kappa shape index (κ1) is 19.0. The predicted octanol–water partition coefficient (Wildman–Crippen LogP) is 5.04. The quantitative estimate of drug-likeness (QED) is 0.735. The topological polar surface area (TPSA) is 55.4 Å². The van der Waals surface area contributed by atoms with E-state index in [-0.39, 0.29) is 5.91 Å². The van der Waals surface area contributed by atoms with Gasteiger partial charge in [-0.1, -0.05) is 43.6 Å². The van der Waals surface area contributed by atoms with Crippen LogP contribution in [-0.4, -0.2) is 18.0 Å². The number of para-hydroxylation sites is 1. The summed E-state index contributed by atoms with van der Waals surface area (Å²) in [7, 11) is 0. The molecule has 0 saturated carbocycles. The summed E-state index contributed by atoms with van der Waals surface area (Å²) < 4.78 is 5.24. The van der Waals surface area contributed by atoms with E-state index in [1.165, 1.54) is 0 Å². The molecule has 2 atom stereocenters. The second kappa shape index (κ2) is 8.67.